The lowest BCUT2D eigenvalue weighted by Gasteiger charge is -2.34. The molecule has 3 rings (SSSR count). The lowest BCUT2D eigenvalue weighted by atomic mass is 10.2. The summed E-state index contributed by atoms with van der Waals surface area (Å²) in [5.41, 5.74) is 2.04. The number of piperazine rings is 1. The Bertz CT molecular complexity index is 741. The summed E-state index contributed by atoms with van der Waals surface area (Å²) in [6, 6.07) is 15.9. The molecule has 2 aromatic rings. The highest BCUT2D eigenvalue weighted by Crippen LogP contribution is 2.26. The van der Waals surface area contributed by atoms with Crippen molar-refractivity contribution in [1.82, 2.24) is 4.90 Å². The number of rotatable bonds is 6. The molecule has 144 valence electrons. The minimum atomic E-state index is -0.185. The van der Waals surface area contributed by atoms with Crippen LogP contribution >= 0.6 is 11.8 Å². The fourth-order valence-electron chi connectivity index (χ4n) is 2.98. The molecule has 1 fully saturated rings. The highest BCUT2D eigenvalue weighted by atomic mass is 32.2. The molecule has 6 heteroatoms. The molecule has 1 atom stereocenters. The molecule has 1 heterocycles. The quantitative estimate of drug-likeness (QED) is 0.770. The highest BCUT2D eigenvalue weighted by Gasteiger charge is 2.16. The van der Waals surface area contributed by atoms with Gasteiger partial charge >= 0.3 is 0 Å². The molecule has 1 amide bonds. The molecular formula is C21H27N3O2S. The second-order valence-electron chi connectivity index (χ2n) is 6.76. The lowest BCUT2D eigenvalue weighted by Crippen LogP contribution is -2.44. The molecule has 1 N–H and O–H groups in total. The van der Waals surface area contributed by atoms with Gasteiger partial charge in [-0.05, 0) is 62.5 Å². The van der Waals surface area contributed by atoms with E-state index in [0.29, 0.717) is 0 Å². The number of methoxy groups -OCH3 is 1. The van der Waals surface area contributed by atoms with E-state index in [0.717, 1.165) is 42.5 Å². The van der Waals surface area contributed by atoms with Crippen LogP contribution in [0.1, 0.15) is 6.92 Å². The summed E-state index contributed by atoms with van der Waals surface area (Å²) < 4.78 is 5.16. The van der Waals surface area contributed by atoms with Crippen molar-refractivity contribution in [2.24, 2.45) is 0 Å². The normalized spacial score (nSPS) is 16.0. The fourth-order valence-corrected chi connectivity index (χ4v) is 3.84. The van der Waals surface area contributed by atoms with E-state index >= 15 is 0 Å². The first kappa shape index (κ1) is 19.6. The van der Waals surface area contributed by atoms with E-state index in [4.69, 9.17) is 4.74 Å². The van der Waals surface area contributed by atoms with Crippen LogP contribution in [0, 0.1) is 0 Å². The van der Waals surface area contributed by atoms with Crippen molar-refractivity contribution in [1.29, 1.82) is 0 Å². The highest BCUT2D eigenvalue weighted by molar-refractivity contribution is 8.00. The molecule has 27 heavy (non-hydrogen) atoms. The van der Waals surface area contributed by atoms with E-state index in [-0.39, 0.29) is 11.2 Å². The molecule has 1 saturated heterocycles. The van der Waals surface area contributed by atoms with Crippen LogP contribution in [0.5, 0.6) is 5.75 Å². The first-order valence-corrected chi connectivity index (χ1v) is 10.1. The van der Waals surface area contributed by atoms with Gasteiger partial charge < -0.3 is 19.9 Å². The minimum absolute atomic E-state index is 0.00293. The Kier molecular flexibility index (Phi) is 6.63. The maximum absolute atomic E-state index is 12.5. The smallest absolute Gasteiger partial charge is 0.237 e. The Morgan fingerprint density at radius 1 is 1.04 bits per heavy atom. The third-order valence-corrected chi connectivity index (χ3v) is 5.86. The van der Waals surface area contributed by atoms with Crippen LogP contribution in [0.4, 0.5) is 11.4 Å². The molecule has 0 aromatic heterocycles. The molecular weight excluding hydrogens is 358 g/mol. The van der Waals surface area contributed by atoms with Crippen molar-refractivity contribution < 1.29 is 9.53 Å². The average molecular weight is 386 g/mol. The first-order chi connectivity index (χ1) is 13.0. The maximum atomic E-state index is 12.5. The molecule has 0 saturated carbocycles. The molecule has 5 nitrogen and oxygen atoms in total. The van der Waals surface area contributed by atoms with Crippen molar-refractivity contribution in [2.75, 3.05) is 50.6 Å². The molecule has 0 spiro atoms. The van der Waals surface area contributed by atoms with E-state index in [1.165, 1.54) is 17.4 Å². The van der Waals surface area contributed by atoms with Gasteiger partial charge in [-0.15, -0.1) is 11.8 Å². The number of hydrogen-bond acceptors (Lipinski definition) is 5. The van der Waals surface area contributed by atoms with E-state index in [1.54, 1.807) is 7.11 Å². The molecule has 0 radical (unpaired) electrons. The fraction of sp³-hybridized carbons (Fsp3) is 0.381. The van der Waals surface area contributed by atoms with Crippen LogP contribution in [0.25, 0.3) is 0 Å². The van der Waals surface area contributed by atoms with Crippen molar-refractivity contribution in [2.45, 2.75) is 17.1 Å². The Balaban J connectivity index is 1.53. The van der Waals surface area contributed by atoms with Crippen molar-refractivity contribution >= 4 is 29.0 Å². The summed E-state index contributed by atoms with van der Waals surface area (Å²) in [4.78, 5) is 18.3. The topological polar surface area (TPSA) is 44.8 Å². The van der Waals surface area contributed by atoms with Crippen LogP contribution in [0.3, 0.4) is 0 Å². The Morgan fingerprint density at radius 3 is 2.26 bits per heavy atom. The molecule has 1 aliphatic heterocycles. The average Bonchev–Trinajstić information content (AvgIpc) is 2.70. The summed E-state index contributed by atoms with van der Waals surface area (Å²) in [6.45, 7) is 6.16. The number of carbonyl (C=O) groups is 1. The zero-order chi connectivity index (χ0) is 19.2. The monoisotopic (exact) mass is 385 g/mol. The van der Waals surface area contributed by atoms with Crippen LogP contribution in [0.2, 0.25) is 0 Å². The number of thioether (sulfide) groups is 1. The first-order valence-electron chi connectivity index (χ1n) is 9.20. The summed E-state index contributed by atoms with van der Waals surface area (Å²) in [5.74, 6) is 0.820. The van der Waals surface area contributed by atoms with Crippen LogP contribution < -0.4 is 15.0 Å². The predicted octanol–water partition coefficient (Wildman–Crippen LogP) is 3.57. The number of likely N-dealkylation sites (N-methyl/N-ethyl adjacent to an activating group) is 1. The van der Waals surface area contributed by atoms with E-state index in [9.17, 15) is 4.79 Å². The van der Waals surface area contributed by atoms with Gasteiger partial charge in [0.1, 0.15) is 5.75 Å². The standard InChI is InChI=1S/C21H27N3O2S/c1-16(27-20-10-8-19(26-3)9-11-20)21(25)22-17-4-6-18(7-5-17)24-14-12-23(2)13-15-24/h4-11,16H,12-15H2,1-3H3,(H,22,25)/t16-/m0/s1. The number of amides is 1. The van der Waals surface area contributed by atoms with Gasteiger partial charge in [0.25, 0.3) is 0 Å². The largest absolute Gasteiger partial charge is 0.497 e. The third-order valence-electron chi connectivity index (χ3n) is 4.74. The molecule has 2 aromatic carbocycles. The molecule has 1 aliphatic rings. The van der Waals surface area contributed by atoms with Gasteiger partial charge in [-0.2, -0.15) is 0 Å². The van der Waals surface area contributed by atoms with Crippen LogP contribution in [0.15, 0.2) is 53.4 Å². The van der Waals surface area contributed by atoms with Crippen molar-refractivity contribution in [3.05, 3.63) is 48.5 Å². The zero-order valence-electron chi connectivity index (χ0n) is 16.1. The van der Waals surface area contributed by atoms with E-state index in [2.05, 4.69) is 34.3 Å². The summed E-state index contributed by atoms with van der Waals surface area (Å²) in [6.07, 6.45) is 0. The Labute approximate surface area is 165 Å². The zero-order valence-corrected chi connectivity index (χ0v) is 17.0. The number of anilines is 2. The molecule has 0 bridgehead atoms. The summed E-state index contributed by atoms with van der Waals surface area (Å²) in [5, 5.41) is 2.83. The summed E-state index contributed by atoms with van der Waals surface area (Å²) >= 11 is 1.54. The molecule has 0 aliphatic carbocycles. The SMILES string of the molecule is COc1ccc(S[C@@H](C)C(=O)Nc2ccc(N3CCN(C)CC3)cc2)cc1. The van der Waals surface area contributed by atoms with Crippen molar-refractivity contribution in [3.8, 4) is 5.75 Å². The van der Waals surface area contributed by atoms with Gasteiger partial charge in [-0.3, -0.25) is 4.79 Å². The van der Waals surface area contributed by atoms with Crippen molar-refractivity contribution in [3.63, 3.8) is 0 Å². The van der Waals surface area contributed by atoms with Crippen LogP contribution in [-0.4, -0.2) is 56.4 Å². The van der Waals surface area contributed by atoms with E-state index < -0.39 is 0 Å². The minimum Gasteiger partial charge on any atom is -0.497 e. The van der Waals surface area contributed by atoms with Gasteiger partial charge in [-0.25, -0.2) is 0 Å². The van der Waals surface area contributed by atoms with Crippen LogP contribution in [-0.2, 0) is 4.79 Å². The van der Waals surface area contributed by atoms with Gasteiger partial charge in [-0.1, -0.05) is 0 Å². The second-order valence-corrected chi connectivity index (χ2v) is 8.18. The second kappa shape index (κ2) is 9.15. The summed E-state index contributed by atoms with van der Waals surface area (Å²) in [7, 11) is 3.80. The Hall–Kier alpha value is -2.18. The van der Waals surface area contributed by atoms with E-state index in [1.807, 2.05) is 43.3 Å². The number of nitrogens with zero attached hydrogens (tertiary/aromatic N) is 2. The maximum Gasteiger partial charge on any atom is 0.237 e. The number of nitrogens with one attached hydrogen (secondary N) is 1. The molecule has 0 unspecified atom stereocenters. The Morgan fingerprint density at radius 2 is 1.67 bits per heavy atom. The number of carbonyl (C=O) groups excluding carboxylic acids is 1. The number of benzene rings is 2. The predicted molar refractivity (Wildman–Crippen MR) is 113 cm³/mol. The number of ether oxygens (including phenoxy) is 1. The van der Waals surface area contributed by atoms with Gasteiger partial charge in [0, 0.05) is 42.4 Å². The third kappa shape index (κ3) is 5.40. The number of hydrogen-bond donors (Lipinski definition) is 1. The van der Waals surface area contributed by atoms with Gasteiger partial charge in [0.05, 0.1) is 12.4 Å². The lowest BCUT2D eigenvalue weighted by molar-refractivity contribution is -0.115. The van der Waals surface area contributed by atoms with Gasteiger partial charge in [0.2, 0.25) is 5.91 Å². The van der Waals surface area contributed by atoms with Gasteiger partial charge in [0.15, 0.2) is 0 Å².